The Morgan fingerprint density at radius 1 is 1.14 bits per heavy atom. The van der Waals surface area contributed by atoms with Crippen molar-refractivity contribution < 1.29 is 17.9 Å². The first-order chi connectivity index (χ1) is 9.93. The van der Waals surface area contributed by atoms with Crippen LogP contribution < -0.4 is 10.1 Å². The summed E-state index contributed by atoms with van der Waals surface area (Å²) in [6.45, 7) is 12.9. The monoisotopic (exact) mass is 345 g/mol. The molecule has 22 heavy (non-hydrogen) atoms. The van der Waals surface area contributed by atoms with Gasteiger partial charge in [0.25, 0.3) is 0 Å². The number of ether oxygens (including phenoxy) is 1. The molecule has 0 spiro atoms. The lowest BCUT2D eigenvalue weighted by molar-refractivity contribution is -0.138. The number of hydrogen-bond donors (Lipinski definition) is 1. The van der Waals surface area contributed by atoms with Crippen molar-refractivity contribution in [2.75, 3.05) is 13.2 Å². The van der Waals surface area contributed by atoms with Gasteiger partial charge < -0.3 is 10.1 Å². The topological polar surface area (TPSA) is 47.0 Å². The predicted molar refractivity (Wildman–Crippen MR) is 85.6 cm³/mol. The van der Waals surface area contributed by atoms with Crippen molar-refractivity contribution in [2.45, 2.75) is 53.8 Å². The number of likely N-dealkylation sites (N-methyl/N-ethyl adjacent to an activating group) is 1. The number of hydrogen-bond acceptors (Lipinski definition) is 4. The Morgan fingerprint density at radius 2 is 1.59 bits per heavy atom. The summed E-state index contributed by atoms with van der Waals surface area (Å²) in [6, 6.07) is 0.0358. The van der Waals surface area contributed by atoms with E-state index in [4.69, 9.17) is 4.74 Å². The molecule has 4 nitrogen and oxygen atoms in total. The number of nitrogens with one attached hydrogen (secondary N) is 1. The maximum Gasteiger partial charge on any atom is 0.419 e. The third kappa shape index (κ3) is 11.6. The molecule has 132 valence electrons. The van der Waals surface area contributed by atoms with Gasteiger partial charge in [-0.2, -0.15) is 13.2 Å². The van der Waals surface area contributed by atoms with Crippen LogP contribution in [0.25, 0.3) is 0 Å². The average Bonchev–Trinajstić information content (AvgIpc) is 2.49. The number of halogens is 4. The van der Waals surface area contributed by atoms with Crippen LogP contribution >= 0.6 is 12.4 Å². The Labute approximate surface area is 137 Å². The van der Waals surface area contributed by atoms with Crippen LogP contribution in [0.5, 0.6) is 6.01 Å². The van der Waals surface area contributed by atoms with Gasteiger partial charge in [0.2, 0.25) is 0 Å². The van der Waals surface area contributed by atoms with Crippen molar-refractivity contribution in [3.63, 3.8) is 0 Å². The second-order valence-corrected chi connectivity index (χ2v) is 3.52. The highest BCUT2D eigenvalue weighted by atomic mass is 35.5. The summed E-state index contributed by atoms with van der Waals surface area (Å²) in [4.78, 5) is 6.99. The molecule has 0 amide bonds. The normalized spacial score (nSPS) is 11.0. The number of aromatic nitrogens is 2. The molecule has 0 radical (unpaired) electrons. The first-order valence-corrected chi connectivity index (χ1v) is 7.19. The number of alkyl halides is 3. The molecule has 1 heterocycles. The van der Waals surface area contributed by atoms with Gasteiger partial charge in [0.1, 0.15) is 6.61 Å². The lowest BCUT2D eigenvalue weighted by atomic mass is 10.3. The number of rotatable bonds is 5. The minimum Gasteiger partial charge on any atom is -0.462 e. The fourth-order valence-electron chi connectivity index (χ4n) is 1.14. The second-order valence-electron chi connectivity index (χ2n) is 3.52. The van der Waals surface area contributed by atoms with Gasteiger partial charge in [-0.15, -0.1) is 12.4 Å². The van der Waals surface area contributed by atoms with E-state index in [-0.39, 0.29) is 24.5 Å². The average molecular weight is 346 g/mol. The second kappa shape index (κ2) is 14.8. The number of nitrogens with zero attached hydrogens (tertiary/aromatic N) is 2. The zero-order chi connectivity index (χ0) is 16.9. The fourth-order valence-corrected chi connectivity index (χ4v) is 1.14. The molecule has 0 aliphatic heterocycles. The molecule has 8 heteroatoms. The third-order valence-electron chi connectivity index (χ3n) is 1.97. The highest BCUT2D eigenvalue weighted by Gasteiger charge is 2.31. The lowest BCUT2D eigenvalue weighted by Gasteiger charge is -2.12. The van der Waals surface area contributed by atoms with E-state index >= 15 is 0 Å². The molecule has 0 aliphatic rings. The Hall–Kier alpha value is -1.08. The van der Waals surface area contributed by atoms with Gasteiger partial charge in [0, 0.05) is 18.4 Å². The molecular formula is C14H27ClF3N3O. The summed E-state index contributed by atoms with van der Waals surface area (Å²) in [6.07, 6.45) is -3.00. The first kappa shape index (κ1) is 25.9. The maximum atomic E-state index is 12.2. The van der Waals surface area contributed by atoms with Gasteiger partial charge in [0.05, 0.1) is 5.56 Å². The third-order valence-corrected chi connectivity index (χ3v) is 1.97. The molecule has 1 rings (SSSR count). The van der Waals surface area contributed by atoms with Crippen molar-refractivity contribution in [1.82, 2.24) is 15.3 Å². The molecule has 0 saturated carbocycles. The Morgan fingerprint density at radius 3 is 1.95 bits per heavy atom. The summed E-state index contributed by atoms with van der Waals surface area (Å²) < 4.78 is 41.7. The Bertz CT molecular complexity index is 348. The van der Waals surface area contributed by atoms with E-state index in [2.05, 4.69) is 15.3 Å². The summed E-state index contributed by atoms with van der Waals surface area (Å²) in [5.41, 5.74) is -0.885. The van der Waals surface area contributed by atoms with E-state index in [9.17, 15) is 13.2 Å². The van der Waals surface area contributed by atoms with Crippen molar-refractivity contribution in [3.05, 3.63) is 18.0 Å². The Balaban J connectivity index is -0.000000665. The maximum absolute atomic E-state index is 12.2. The van der Waals surface area contributed by atoms with Gasteiger partial charge in [0.15, 0.2) is 0 Å². The molecule has 1 aromatic rings. The van der Waals surface area contributed by atoms with Crippen LogP contribution in [-0.4, -0.2) is 29.2 Å². The van der Waals surface area contributed by atoms with Crippen LogP contribution in [-0.2, 0) is 6.18 Å². The van der Waals surface area contributed by atoms with E-state index in [1.54, 1.807) is 0 Å². The standard InChI is InChI=1S/C10H14F3N3O.2C2H6.ClH/c1-3-14-7(2)6-17-9-15-4-8(5-16-9)10(11,12)13;2*1-2;/h4-5,7,14H,3,6H2,1-2H3;2*1-2H3;1H. The molecule has 1 aromatic heterocycles. The van der Waals surface area contributed by atoms with E-state index < -0.39 is 11.7 Å². The van der Waals surface area contributed by atoms with Crippen LogP contribution in [0.2, 0.25) is 0 Å². The van der Waals surface area contributed by atoms with E-state index in [1.807, 2.05) is 41.5 Å². The molecular weight excluding hydrogens is 319 g/mol. The van der Waals surface area contributed by atoms with Crippen molar-refractivity contribution in [2.24, 2.45) is 0 Å². The largest absolute Gasteiger partial charge is 0.462 e. The van der Waals surface area contributed by atoms with Gasteiger partial charge in [-0.05, 0) is 13.5 Å². The quantitative estimate of drug-likeness (QED) is 0.862. The van der Waals surface area contributed by atoms with Crippen LogP contribution in [0, 0.1) is 0 Å². The highest BCUT2D eigenvalue weighted by molar-refractivity contribution is 5.85. The lowest BCUT2D eigenvalue weighted by Crippen LogP contribution is -2.31. The summed E-state index contributed by atoms with van der Waals surface area (Å²) >= 11 is 0. The molecule has 0 fully saturated rings. The van der Waals surface area contributed by atoms with E-state index in [0.29, 0.717) is 19.0 Å². The van der Waals surface area contributed by atoms with Crippen LogP contribution in [0.15, 0.2) is 12.4 Å². The first-order valence-electron chi connectivity index (χ1n) is 7.19. The van der Waals surface area contributed by atoms with Crippen LogP contribution in [0.1, 0.15) is 47.1 Å². The molecule has 1 atom stereocenters. The van der Waals surface area contributed by atoms with Crippen LogP contribution in [0.3, 0.4) is 0 Å². The minimum atomic E-state index is -4.42. The Kier molecular flexibility index (Phi) is 17.4. The smallest absolute Gasteiger partial charge is 0.419 e. The zero-order valence-corrected chi connectivity index (χ0v) is 14.8. The molecule has 0 bridgehead atoms. The molecule has 1 N–H and O–H groups in total. The summed E-state index contributed by atoms with van der Waals surface area (Å²) in [5.74, 6) is 0. The van der Waals surface area contributed by atoms with E-state index in [0.717, 1.165) is 6.54 Å². The zero-order valence-electron chi connectivity index (χ0n) is 14.0. The van der Waals surface area contributed by atoms with Crippen molar-refractivity contribution in [3.8, 4) is 6.01 Å². The van der Waals surface area contributed by atoms with E-state index in [1.165, 1.54) is 0 Å². The summed E-state index contributed by atoms with van der Waals surface area (Å²) in [7, 11) is 0. The van der Waals surface area contributed by atoms with Gasteiger partial charge in [-0.3, -0.25) is 0 Å². The van der Waals surface area contributed by atoms with Crippen molar-refractivity contribution >= 4 is 12.4 Å². The summed E-state index contributed by atoms with van der Waals surface area (Å²) in [5, 5.41) is 3.09. The fraction of sp³-hybridized carbons (Fsp3) is 0.714. The molecule has 1 unspecified atom stereocenters. The molecule has 0 aromatic carbocycles. The van der Waals surface area contributed by atoms with Gasteiger partial charge >= 0.3 is 12.2 Å². The molecule has 0 saturated heterocycles. The SMILES string of the molecule is CC.CC.CCNC(C)COc1ncc(C(F)(F)F)cn1.Cl. The van der Waals surface area contributed by atoms with Gasteiger partial charge in [-0.1, -0.05) is 34.6 Å². The molecule has 0 aliphatic carbocycles. The van der Waals surface area contributed by atoms with Crippen molar-refractivity contribution in [1.29, 1.82) is 0 Å². The predicted octanol–water partition coefficient (Wildman–Crippen LogP) is 4.35. The van der Waals surface area contributed by atoms with Crippen LogP contribution in [0.4, 0.5) is 13.2 Å². The van der Waals surface area contributed by atoms with Gasteiger partial charge in [-0.25, -0.2) is 9.97 Å². The highest BCUT2D eigenvalue weighted by Crippen LogP contribution is 2.28. The minimum absolute atomic E-state index is 0.